The Balaban J connectivity index is 2.05. The van der Waals surface area contributed by atoms with E-state index in [1.54, 1.807) is 0 Å². The van der Waals surface area contributed by atoms with E-state index in [9.17, 15) is 4.79 Å². The summed E-state index contributed by atoms with van der Waals surface area (Å²) in [6.07, 6.45) is 2.69. The molecule has 3 N–H and O–H groups in total. The molecule has 18 heavy (non-hydrogen) atoms. The molecule has 1 aliphatic heterocycles. The molecule has 1 atom stereocenters. The Kier molecular flexibility index (Phi) is 4.20. The van der Waals surface area contributed by atoms with Crippen LogP contribution < -0.4 is 11.1 Å². The average molecular weight is 247 g/mol. The van der Waals surface area contributed by atoms with Crippen molar-refractivity contribution in [2.45, 2.75) is 25.3 Å². The maximum Gasteiger partial charge on any atom is 0.221 e. The Morgan fingerprint density at radius 1 is 1.50 bits per heavy atom. The molecule has 2 rings (SSSR count). The van der Waals surface area contributed by atoms with E-state index in [4.69, 9.17) is 5.73 Å². The maximum atomic E-state index is 11.1. The number of rotatable bonds is 4. The zero-order valence-corrected chi connectivity index (χ0v) is 10.9. The second-order valence-corrected chi connectivity index (χ2v) is 5.05. The number of likely N-dealkylation sites (tertiary alicyclic amines) is 1. The molecule has 0 radical (unpaired) electrons. The Labute approximate surface area is 108 Å². The molecule has 0 aliphatic carbocycles. The van der Waals surface area contributed by atoms with Crippen LogP contribution >= 0.6 is 0 Å². The quantitative estimate of drug-likeness (QED) is 0.841. The zero-order chi connectivity index (χ0) is 13.0. The third kappa shape index (κ3) is 3.47. The second-order valence-electron chi connectivity index (χ2n) is 5.05. The van der Waals surface area contributed by atoms with Gasteiger partial charge in [-0.2, -0.15) is 0 Å². The van der Waals surface area contributed by atoms with Crippen molar-refractivity contribution in [2.75, 3.05) is 25.5 Å². The van der Waals surface area contributed by atoms with Crippen LogP contribution in [-0.4, -0.2) is 37.0 Å². The van der Waals surface area contributed by atoms with Crippen LogP contribution in [0.15, 0.2) is 24.3 Å². The minimum Gasteiger partial charge on any atom is -0.381 e. The molecular weight excluding hydrogens is 226 g/mol. The summed E-state index contributed by atoms with van der Waals surface area (Å²) < 4.78 is 0. The van der Waals surface area contributed by atoms with Crippen LogP contribution in [-0.2, 0) is 11.2 Å². The SMILES string of the molecule is CN1CCCC(Nc2ccccc2CC(N)=O)C1. The number of nitrogens with zero attached hydrogens (tertiary/aromatic N) is 1. The minimum absolute atomic E-state index is 0.287. The van der Waals surface area contributed by atoms with Gasteiger partial charge in [-0.15, -0.1) is 0 Å². The summed E-state index contributed by atoms with van der Waals surface area (Å²) in [5.41, 5.74) is 7.30. The highest BCUT2D eigenvalue weighted by Gasteiger charge is 2.17. The Bertz CT molecular complexity index is 419. The van der Waals surface area contributed by atoms with Gasteiger partial charge in [-0.3, -0.25) is 4.79 Å². The lowest BCUT2D eigenvalue weighted by Gasteiger charge is -2.31. The molecular formula is C14H21N3O. The fourth-order valence-electron chi connectivity index (χ4n) is 2.51. The predicted molar refractivity (Wildman–Crippen MR) is 73.5 cm³/mol. The number of primary amides is 1. The summed E-state index contributed by atoms with van der Waals surface area (Å²) in [6, 6.07) is 8.36. The number of hydrogen-bond donors (Lipinski definition) is 2. The maximum absolute atomic E-state index is 11.1. The molecule has 0 aromatic heterocycles. The Morgan fingerprint density at radius 2 is 2.28 bits per heavy atom. The van der Waals surface area contributed by atoms with E-state index in [0.29, 0.717) is 12.5 Å². The molecule has 1 unspecified atom stereocenters. The van der Waals surface area contributed by atoms with Crippen molar-refractivity contribution in [3.63, 3.8) is 0 Å². The molecule has 4 heteroatoms. The van der Waals surface area contributed by atoms with Crippen molar-refractivity contribution in [1.82, 2.24) is 4.90 Å². The number of nitrogens with two attached hydrogens (primary N) is 1. The van der Waals surface area contributed by atoms with Gasteiger partial charge in [-0.05, 0) is 38.1 Å². The lowest BCUT2D eigenvalue weighted by Crippen LogP contribution is -2.39. The van der Waals surface area contributed by atoms with E-state index in [1.807, 2.05) is 24.3 Å². The summed E-state index contributed by atoms with van der Waals surface area (Å²) in [5, 5.41) is 3.54. The van der Waals surface area contributed by atoms with Gasteiger partial charge in [0.2, 0.25) is 5.91 Å². The molecule has 1 saturated heterocycles. The van der Waals surface area contributed by atoms with Crippen molar-refractivity contribution in [1.29, 1.82) is 0 Å². The van der Waals surface area contributed by atoms with E-state index >= 15 is 0 Å². The fraction of sp³-hybridized carbons (Fsp3) is 0.500. The standard InChI is InChI=1S/C14H21N3O/c1-17-8-4-6-12(10-17)16-13-7-3-2-5-11(13)9-14(15)18/h2-3,5,7,12,16H,4,6,8-10H2,1H3,(H2,15,18). The van der Waals surface area contributed by atoms with Crippen LogP contribution in [0.3, 0.4) is 0 Å². The zero-order valence-electron chi connectivity index (χ0n) is 10.9. The topological polar surface area (TPSA) is 58.4 Å². The van der Waals surface area contributed by atoms with Crippen LogP contribution in [0.5, 0.6) is 0 Å². The first-order valence-electron chi connectivity index (χ1n) is 6.46. The Morgan fingerprint density at radius 3 is 3.00 bits per heavy atom. The average Bonchev–Trinajstić information content (AvgIpc) is 2.31. The van der Waals surface area contributed by atoms with Gasteiger partial charge in [0.15, 0.2) is 0 Å². The minimum atomic E-state index is -0.287. The summed E-state index contributed by atoms with van der Waals surface area (Å²) >= 11 is 0. The summed E-state index contributed by atoms with van der Waals surface area (Å²) in [5.74, 6) is -0.287. The Hall–Kier alpha value is -1.55. The molecule has 1 fully saturated rings. The van der Waals surface area contributed by atoms with Gasteiger partial charge in [-0.25, -0.2) is 0 Å². The number of amides is 1. The van der Waals surface area contributed by atoms with Crippen molar-refractivity contribution in [3.05, 3.63) is 29.8 Å². The van der Waals surface area contributed by atoms with Gasteiger partial charge < -0.3 is 16.0 Å². The highest BCUT2D eigenvalue weighted by Crippen LogP contribution is 2.19. The summed E-state index contributed by atoms with van der Waals surface area (Å²) in [7, 11) is 2.14. The van der Waals surface area contributed by atoms with Crippen LogP contribution in [0.2, 0.25) is 0 Å². The largest absolute Gasteiger partial charge is 0.381 e. The number of benzene rings is 1. The van der Waals surface area contributed by atoms with Gasteiger partial charge in [-0.1, -0.05) is 18.2 Å². The first kappa shape index (κ1) is 12.9. The number of hydrogen-bond acceptors (Lipinski definition) is 3. The van der Waals surface area contributed by atoms with Crippen molar-refractivity contribution < 1.29 is 4.79 Å². The molecule has 1 amide bonds. The van der Waals surface area contributed by atoms with Crippen LogP contribution in [0.1, 0.15) is 18.4 Å². The highest BCUT2D eigenvalue weighted by molar-refractivity contribution is 5.78. The summed E-state index contributed by atoms with van der Waals surface area (Å²) in [6.45, 7) is 2.21. The fourth-order valence-corrected chi connectivity index (χ4v) is 2.51. The first-order chi connectivity index (χ1) is 8.65. The first-order valence-corrected chi connectivity index (χ1v) is 6.46. The molecule has 1 aromatic rings. The molecule has 1 heterocycles. The van der Waals surface area contributed by atoms with Crippen LogP contribution in [0.25, 0.3) is 0 Å². The van der Waals surface area contributed by atoms with Gasteiger partial charge >= 0.3 is 0 Å². The van der Waals surface area contributed by atoms with E-state index < -0.39 is 0 Å². The van der Waals surface area contributed by atoms with Gasteiger partial charge in [0.25, 0.3) is 0 Å². The molecule has 0 spiro atoms. The predicted octanol–water partition coefficient (Wildman–Crippen LogP) is 1.22. The number of para-hydroxylation sites is 1. The smallest absolute Gasteiger partial charge is 0.221 e. The van der Waals surface area contributed by atoms with Crippen molar-refractivity contribution in [3.8, 4) is 0 Å². The van der Waals surface area contributed by atoms with E-state index in [2.05, 4.69) is 17.3 Å². The molecule has 4 nitrogen and oxygen atoms in total. The van der Waals surface area contributed by atoms with Crippen LogP contribution in [0, 0.1) is 0 Å². The third-order valence-electron chi connectivity index (χ3n) is 3.37. The monoisotopic (exact) mass is 247 g/mol. The number of likely N-dealkylation sites (N-methyl/N-ethyl adjacent to an activating group) is 1. The van der Waals surface area contributed by atoms with Gasteiger partial charge in [0.05, 0.1) is 6.42 Å². The number of anilines is 1. The van der Waals surface area contributed by atoms with Gasteiger partial charge in [0.1, 0.15) is 0 Å². The molecule has 0 saturated carbocycles. The van der Waals surface area contributed by atoms with Crippen LogP contribution in [0.4, 0.5) is 5.69 Å². The lowest BCUT2D eigenvalue weighted by atomic mass is 10.0. The van der Waals surface area contributed by atoms with E-state index in [1.165, 1.54) is 19.4 Å². The molecule has 1 aliphatic rings. The molecule has 98 valence electrons. The lowest BCUT2D eigenvalue weighted by molar-refractivity contribution is -0.117. The normalized spacial score (nSPS) is 20.6. The number of piperidine rings is 1. The molecule has 0 bridgehead atoms. The molecule has 1 aromatic carbocycles. The van der Waals surface area contributed by atoms with Crippen molar-refractivity contribution in [2.24, 2.45) is 5.73 Å². The van der Waals surface area contributed by atoms with Gasteiger partial charge in [0, 0.05) is 18.3 Å². The van der Waals surface area contributed by atoms with E-state index in [0.717, 1.165) is 17.8 Å². The summed E-state index contributed by atoms with van der Waals surface area (Å²) in [4.78, 5) is 13.4. The second kappa shape index (κ2) is 5.87. The third-order valence-corrected chi connectivity index (χ3v) is 3.37. The number of carbonyl (C=O) groups is 1. The number of carbonyl (C=O) groups excluding carboxylic acids is 1. The number of nitrogens with one attached hydrogen (secondary N) is 1. The highest BCUT2D eigenvalue weighted by atomic mass is 16.1. The van der Waals surface area contributed by atoms with Crippen molar-refractivity contribution >= 4 is 11.6 Å². The van der Waals surface area contributed by atoms with E-state index in [-0.39, 0.29) is 5.91 Å².